The van der Waals surface area contributed by atoms with Crippen LogP contribution in [0.2, 0.25) is 0 Å². The summed E-state index contributed by atoms with van der Waals surface area (Å²) in [6.07, 6.45) is 3.43. The second-order valence-electron chi connectivity index (χ2n) is 7.33. The fraction of sp³-hybridized carbons (Fsp3) is 0.217. The number of fused-ring (bicyclic) bond motifs is 1. The van der Waals surface area contributed by atoms with Crippen molar-refractivity contribution >= 4 is 23.3 Å². The maximum Gasteiger partial charge on any atom is 0.300 e. The SMILES string of the molecule is COc1cccc(CNC(=O)CSc2nnc3c(=O)n(-c4ccc(C)c(C)c4)ccn23)c1. The number of aryl methyl sites for hydroxylation is 2. The first-order valence-corrected chi connectivity index (χ1v) is 11.0. The highest BCUT2D eigenvalue weighted by atomic mass is 32.2. The summed E-state index contributed by atoms with van der Waals surface area (Å²) in [5.74, 6) is 0.760. The van der Waals surface area contributed by atoms with Gasteiger partial charge in [0.25, 0.3) is 0 Å². The van der Waals surface area contributed by atoms with Crippen LogP contribution in [-0.4, -0.2) is 37.9 Å². The van der Waals surface area contributed by atoms with Crippen LogP contribution < -0.4 is 15.6 Å². The van der Waals surface area contributed by atoms with Gasteiger partial charge in [0.1, 0.15) is 5.75 Å². The average Bonchev–Trinajstić information content (AvgIpc) is 3.22. The quantitative estimate of drug-likeness (QED) is 0.436. The van der Waals surface area contributed by atoms with Crippen LogP contribution in [0, 0.1) is 13.8 Å². The Bertz CT molecular complexity index is 1350. The van der Waals surface area contributed by atoms with Crippen LogP contribution in [0.15, 0.2) is 64.8 Å². The third-order valence-corrected chi connectivity index (χ3v) is 6.11. The predicted molar refractivity (Wildman–Crippen MR) is 124 cm³/mol. The Labute approximate surface area is 189 Å². The number of carbonyl (C=O) groups excluding carboxylic acids is 1. The normalized spacial score (nSPS) is 11.0. The van der Waals surface area contributed by atoms with Gasteiger partial charge in [-0.15, -0.1) is 10.2 Å². The molecule has 32 heavy (non-hydrogen) atoms. The van der Waals surface area contributed by atoms with E-state index in [1.165, 1.54) is 11.8 Å². The van der Waals surface area contributed by atoms with Crippen LogP contribution in [0.5, 0.6) is 5.75 Å². The number of thioether (sulfide) groups is 1. The molecule has 0 fully saturated rings. The van der Waals surface area contributed by atoms with Gasteiger partial charge in [-0.3, -0.25) is 18.6 Å². The number of hydrogen-bond acceptors (Lipinski definition) is 6. The van der Waals surface area contributed by atoms with Crippen molar-refractivity contribution in [1.29, 1.82) is 0 Å². The second kappa shape index (κ2) is 9.27. The molecule has 9 heteroatoms. The van der Waals surface area contributed by atoms with E-state index < -0.39 is 0 Å². The first kappa shape index (κ1) is 21.6. The molecule has 2 heterocycles. The van der Waals surface area contributed by atoms with Crippen LogP contribution in [-0.2, 0) is 11.3 Å². The molecule has 4 rings (SSSR count). The Balaban J connectivity index is 1.45. The van der Waals surface area contributed by atoms with Gasteiger partial charge < -0.3 is 10.1 Å². The molecule has 0 saturated heterocycles. The number of ether oxygens (including phenoxy) is 1. The van der Waals surface area contributed by atoms with Crippen molar-refractivity contribution in [3.05, 3.63) is 81.9 Å². The van der Waals surface area contributed by atoms with Gasteiger partial charge in [0, 0.05) is 24.6 Å². The van der Waals surface area contributed by atoms with Crippen molar-refractivity contribution in [2.24, 2.45) is 0 Å². The van der Waals surface area contributed by atoms with Crippen molar-refractivity contribution in [3.63, 3.8) is 0 Å². The molecule has 0 unspecified atom stereocenters. The number of benzene rings is 2. The number of methoxy groups -OCH3 is 1. The number of rotatable bonds is 7. The van der Waals surface area contributed by atoms with Gasteiger partial charge >= 0.3 is 5.56 Å². The van der Waals surface area contributed by atoms with E-state index in [0.29, 0.717) is 11.7 Å². The van der Waals surface area contributed by atoms with E-state index in [0.717, 1.165) is 28.1 Å². The lowest BCUT2D eigenvalue weighted by Gasteiger charge is -2.09. The van der Waals surface area contributed by atoms with Gasteiger partial charge in [-0.25, -0.2) is 0 Å². The lowest BCUT2D eigenvalue weighted by atomic mass is 10.1. The molecule has 1 amide bonds. The molecule has 0 spiro atoms. The lowest BCUT2D eigenvalue weighted by molar-refractivity contribution is -0.118. The van der Waals surface area contributed by atoms with E-state index in [1.807, 2.05) is 56.3 Å². The van der Waals surface area contributed by atoms with Crippen molar-refractivity contribution in [1.82, 2.24) is 24.5 Å². The molecule has 0 bridgehead atoms. The van der Waals surface area contributed by atoms with Gasteiger partial charge in [-0.2, -0.15) is 0 Å². The number of amides is 1. The van der Waals surface area contributed by atoms with E-state index >= 15 is 0 Å². The number of hydrogen-bond donors (Lipinski definition) is 1. The van der Waals surface area contributed by atoms with Crippen LogP contribution >= 0.6 is 11.8 Å². The standard InChI is InChI=1S/C23H23N5O3S/c1-15-7-8-18(11-16(15)2)27-9-10-28-21(22(27)30)25-26-23(28)32-14-20(29)24-13-17-5-4-6-19(12-17)31-3/h4-12H,13-14H2,1-3H3,(H,24,29). The fourth-order valence-electron chi connectivity index (χ4n) is 3.21. The molecule has 0 aliphatic carbocycles. The Morgan fingerprint density at radius 3 is 2.72 bits per heavy atom. The molecule has 0 aliphatic heterocycles. The molecule has 0 radical (unpaired) electrons. The highest BCUT2D eigenvalue weighted by Gasteiger charge is 2.14. The molecule has 1 N–H and O–H groups in total. The average molecular weight is 450 g/mol. The van der Waals surface area contributed by atoms with Gasteiger partial charge in [0.2, 0.25) is 11.6 Å². The molecule has 8 nitrogen and oxygen atoms in total. The summed E-state index contributed by atoms with van der Waals surface area (Å²) in [5.41, 5.74) is 3.93. The summed E-state index contributed by atoms with van der Waals surface area (Å²) < 4.78 is 8.35. The minimum atomic E-state index is -0.266. The third kappa shape index (κ3) is 4.52. The minimum absolute atomic E-state index is 0.141. The van der Waals surface area contributed by atoms with Gasteiger partial charge in [0.15, 0.2) is 5.16 Å². The van der Waals surface area contributed by atoms with E-state index in [1.54, 1.807) is 28.5 Å². The highest BCUT2D eigenvalue weighted by Crippen LogP contribution is 2.17. The zero-order valence-electron chi connectivity index (χ0n) is 18.0. The van der Waals surface area contributed by atoms with E-state index in [-0.39, 0.29) is 22.9 Å². The van der Waals surface area contributed by atoms with Gasteiger partial charge in [0.05, 0.1) is 12.9 Å². The van der Waals surface area contributed by atoms with Crippen LogP contribution in [0.1, 0.15) is 16.7 Å². The van der Waals surface area contributed by atoms with Crippen molar-refractivity contribution in [2.75, 3.05) is 12.9 Å². The Morgan fingerprint density at radius 1 is 1.09 bits per heavy atom. The Hall–Kier alpha value is -3.59. The van der Waals surface area contributed by atoms with Crippen LogP contribution in [0.25, 0.3) is 11.3 Å². The number of aromatic nitrogens is 4. The van der Waals surface area contributed by atoms with Crippen molar-refractivity contribution < 1.29 is 9.53 Å². The van der Waals surface area contributed by atoms with Crippen LogP contribution in [0.3, 0.4) is 0 Å². The molecule has 0 aliphatic rings. The maximum absolute atomic E-state index is 12.9. The molecular weight excluding hydrogens is 426 g/mol. The first-order chi connectivity index (χ1) is 15.5. The Kier molecular flexibility index (Phi) is 6.27. The maximum atomic E-state index is 12.9. The molecule has 164 valence electrons. The second-order valence-corrected chi connectivity index (χ2v) is 8.28. The summed E-state index contributed by atoms with van der Waals surface area (Å²) in [7, 11) is 1.60. The summed E-state index contributed by atoms with van der Waals surface area (Å²) in [5, 5.41) is 11.5. The molecule has 0 saturated carbocycles. The number of nitrogens with zero attached hydrogens (tertiary/aromatic N) is 4. The zero-order chi connectivity index (χ0) is 22.7. The molecule has 2 aromatic carbocycles. The highest BCUT2D eigenvalue weighted by molar-refractivity contribution is 7.99. The fourth-order valence-corrected chi connectivity index (χ4v) is 3.95. The summed E-state index contributed by atoms with van der Waals surface area (Å²) in [6.45, 7) is 4.44. The van der Waals surface area contributed by atoms with E-state index in [4.69, 9.17) is 4.74 Å². The molecule has 0 atom stereocenters. The van der Waals surface area contributed by atoms with E-state index in [2.05, 4.69) is 15.5 Å². The van der Waals surface area contributed by atoms with Crippen LogP contribution in [0.4, 0.5) is 0 Å². The zero-order valence-corrected chi connectivity index (χ0v) is 18.8. The van der Waals surface area contributed by atoms with Crippen molar-refractivity contribution in [3.8, 4) is 11.4 Å². The summed E-state index contributed by atoms with van der Waals surface area (Å²) in [4.78, 5) is 25.2. The van der Waals surface area contributed by atoms with Crippen molar-refractivity contribution in [2.45, 2.75) is 25.5 Å². The molecular formula is C23H23N5O3S. The van der Waals surface area contributed by atoms with Gasteiger partial charge in [-0.05, 0) is 54.8 Å². The first-order valence-electron chi connectivity index (χ1n) is 10.0. The molecule has 4 aromatic rings. The molecule has 2 aromatic heterocycles. The summed E-state index contributed by atoms with van der Waals surface area (Å²) in [6, 6.07) is 13.4. The predicted octanol–water partition coefficient (Wildman–Crippen LogP) is 2.91. The number of carbonyl (C=O) groups is 1. The largest absolute Gasteiger partial charge is 0.497 e. The Morgan fingerprint density at radius 2 is 1.94 bits per heavy atom. The lowest BCUT2D eigenvalue weighted by Crippen LogP contribution is -2.24. The monoisotopic (exact) mass is 449 g/mol. The minimum Gasteiger partial charge on any atom is -0.497 e. The summed E-state index contributed by atoms with van der Waals surface area (Å²) >= 11 is 1.23. The smallest absolute Gasteiger partial charge is 0.300 e. The van der Waals surface area contributed by atoms with E-state index in [9.17, 15) is 9.59 Å². The topological polar surface area (TPSA) is 90.5 Å². The number of nitrogens with one attached hydrogen (secondary N) is 1. The van der Waals surface area contributed by atoms with Gasteiger partial charge in [-0.1, -0.05) is 30.0 Å². The third-order valence-electron chi connectivity index (χ3n) is 5.16.